The summed E-state index contributed by atoms with van der Waals surface area (Å²) in [5.41, 5.74) is 12.1. The lowest BCUT2D eigenvalue weighted by Crippen LogP contribution is -2.30. The van der Waals surface area contributed by atoms with Crippen LogP contribution in [0.3, 0.4) is 0 Å². The van der Waals surface area contributed by atoms with Crippen LogP contribution in [0.2, 0.25) is 0 Å². The molecule has 0 amide bonds. The third kappa shape index (κ3) is 3.84. The number of aromatic nitrogens is 1. The molecule has 2 aliphatic carbocycles. The predicted molar refractivity (Wildman–Crippen MR) is 185 cm³/mol. The normalized spacial score (nSPS) is 20.1. The van der Waals surface area contributed by atoms with Crippen molar-refractivity contribution in [1.82, 2.24) is 4.98 Å². The highest BCUT2D eigenvalue weighted by molar-refractivity contribution is 6.05. The van der Waals surface area contributed by atoms with Gasteiger partial charge in [-0.15, -0.1) is 0 Å². The minimum atomic E-state index is -0.245. The number of para-hydroxylation sites is 1. The van der Waals surface area contributed by atoms with Crippen molar-refractivity contribution in [3.05, 3.63) is 124 Å². The first-order valence-electron chi connectivity index (χ1n) is 16.0. The van der Waals surface area contributed by atoms with Crippen LogP contribution < -0.4 is 9.80 Å². The van der Waals surface area contributed by atoms with E-state index >= 15 is 0 Å². The summed E-state index contributed by atoms with van der Waals surface area (Å²) in [6.07, 6.45) is 6.45. The van der Waals surface area contributed by atoms with E-state index < -0.39 is 0 Å². The van der Waals surface area contributed by atoms with Crippen molar-refractivity contribution in [1.29, 1.82) is 15.8 Å². The van der Waals surface area contributed by atoms with Crippen LogP contribution in [0.5, 0.6) is 0 Å². The largest absolute Gasteiger partial charge is 0.304 e. The van der Waals surface area contributed by atoms with E-state index in [2.05, 4.69) is 109 Å². The maximum absolute atomic E-state index is 10.9. The quantitative estimate of drug-likeness (QED) is 0.199. The first-order chi connectivity index (χ1) is 22.7. The number of anilines is 6. The second kappa shape index (κ2) is 10.1. The molecule has 1 saturated carbocycles. The molecule has 2 atom stereocenters. The highest BCUT2D eigenvalue weighted by Crippen LogP contribution is 2.67. The van der Waals surface area contributed by atoms with Crippen LogP contribution in [-0.2, 0) is 10.8 Å². The monoisotopic (exact) mass is 608 g/mol. The molecule has 2 heterocycles. The topological polar surface area (TPSA) is 90.7 Å². The van der Waals surface area contributed by atoms with Crippen LogP contribution >= 0.6 is 0 Å². The molecule has 2 bridgehead atoms. The van der Waals surface area contributed by atoms with E-state index in [9.17, 15) is 15.8 Å². The molecule has 1 fully saturated rings. The molecule has 47 heavy (non-hydrogen) atoms. The Hall–Kier alpha value is -5.90. The number of pyridine rings is 1. The maximum atomic E-state index is 10.9. The van der Waals surface area contributed by atoms with Gasteiger partial charge in [0.05, 0.1) is 57.0 Å². The molecule has 8 rings (SSSR count). The van der Waals surface area contributed by atoms with E-state index in [0.717, 1.165) is 81.1 Å². The Balaban J connectivity index is 1.52. The molecule has 6 heteroatoms. The Labute approximate surface area is 275 Å². The van der Waals surface area contributed by atoms with Crippen molar-refractivity contribution in [2.45, 2.75) is 57.8 Å². The molecule has 0 radical (unpaired) electrons. The Morgan fingerprint density at radius 2 is 1.26 bits per heavy atom. The van der Waals surface area contributed by atoms with Crippen LogP contribution in [-0.4, -0.2) is 4.98 Å². The van der Waals surface area contributed by atoms with E-state index in [4.69, 9.17) is 0 Å². The number of aryl methyl sites for hydroxylation is 2. The van der Waals surface area contributed by atoms with Crippen LogP contribution in [0.25, 0.3) is 11.1 Å². The van der Waals surface area contributed by atoms with Crippen LogP contribution in [0, 0.1) is 47.8 Å². The Morgan fingerprint density at radius 3 is 1.94 bits per heavy atom. The SMILES string of the molecule is Cc1cccc(C)c1N1c2cnccc2N(c2c(C#N)c(C#N)c(C#N)c3c2C2(C)CCC3(C)C2)c2ccc(-c3ccccc3)cc21. The molecule has 0 N–H and O–H groups in total. The summed E-state index contributed by atoms with van der Waals surface area (Å²) in [5, 5.41) is 31.9. The fourth-order valence-electron chi connectivity index (χ4n) is 8.84. The molecule has 226 valence electrons. The third-order valence-corrected chi connectivity index (χ3v) is 10.7. The number of hydrogen-bond acceptors (Lipinski definition) is 6. The average Bonchev–Trinajstić information content (AvgIpc) is 3.53. The van der Waals surface area contributed by atoms with Gasteiger partial charge in [0.15, 0.2) is 0 Å². The lowest BCUT2D eigenvalue weighted by Gasteiger charge is -2.43. The summed E-state index contributed by atoms with van der Waals surface area (Å²) in [5.74, 6) is 0. The highest BCUT2D eigenvalue weighted by Gasteiger charge is 2.57. The second-order valence-electron chi connectivity index (χ2n) is 13.7. The van der Waals surface area contributed by atoms with Crippen molar-refractivity contribution >= 4 is 34.1 Å². The molecular weight excluding hydrogens is 576 g/mol. The number of nitriles is 3. The zero-order chi connectivity index (χ0) is 32.7. The Morgan fingerprint density at radius 1 is 0.617 bits per heavy atom. The van der Waals surface area contributed by atoms with Gasteiger partial charge in [0, 0.05) is 6.20 Å². The molecule has 0 spiro atoms. The van der Waals surface area contributed by atoms with Gasteiger partial charge in [-0.05, 0) is 95.5 Å². The van der Waals surface area contributed by atoms with Gasteiger partial charge in [0.2, 0.25) is 0 Å². The molecule has 4 aromatic carbocycles. The van der Waals surface area contributed by atoms with Crippen molar-refractivity contribution < 1.29 is 0 Å². The summed E-state index contributed by atoms with van der Waals surface area (Å²) < 4.78 is 0. The van der Waals surface area contributed by atoms with Crippen LogP contribution in [0.4, 0.5) is 34.1 Å². The molecule has 6 nitrogen and oxygen atoms in total. The van der Waals surface area contributed by atoms with Gasteiger partial charge in [-0.25, -0.2) is 0 Å². The average molecular weight is 609 g/mol. The second-order valence-corrected chi connectivity index (χ2v) is 13.7. The van der Waals surface area contributed by atoms with E-state index in [-0.39, 0.29) is 22.0 Å². The Kier molecular flexibility index (Phi) is 6.11. The van der Waals surface area contributed by atoms with E-state index in [1.165, 1.54) is 0 Å². The summed E-state index contributed by atoms with van der Waals surface area (Å²) in [7, 11) is 0. The molecule has 1 aromatic heterocycles. The molecule has 3 aliphatic rings. The lowest BCUT2D eigenvalue weighted by molar-refractivity contribution is 0.483. The molecule has 0 saturated heterocycles. The molecular formula is C41H32N6. The van der Waals surface area contributed by atoms with E-state index in [1.54, 1.807) is 6.20 Å². The van der Waals surface area contributed by atoms with E-state index in [0.29, 0.717) is 11.3 Å². The van der Waals surface area contributed by atoms with Crippen LogP contribution in [0.15, 0.2) is 85.2 Å². The standard InChI is InChI=1S/C41H32N6/c1-25-9-8-10-26(2)38(25)47-34-19-28(27-11-6-5-7-12-27)13-14-32(34)46(33-15-18-45-23-35(33)47)39-31(22-44)29(20-42)30(21-43)36-37(39)41(4)17-16-40(36,3)24-41/h5-15,18-19,23H,16-17,24H2,1-4H3. The first kappa shape index (κ1) is 28.6. The summed E-state index contributed by atoms with van der Waals surface area (Å²) >= 11 is 0. The van der Waals surface area contributed by atoms with Crippen molar-refractivity contribution in [2.24, 2.45) is 0 Å². The molecule has 1 aliphatic heterocycles. The zero-order valence-corrected chi connectivity index (χ0v) is 26.9. The minimum Gasteiger partial charge on any atom is -0.304 e. The van der Waals surface area contributed by atoms with Gasteiger partial charge in [0.1, 0.15) is 18.2 Å². The summed E-state index contributed by atoms with van der Waals surface area (Å²) in [6, 6.07) is 32.2. The lowest BCUT2D eigenvalue weighted by atomic mass is 9.72. The predicted octanol–water partition coefficient (Wildman–Crippen LogP) is 9.95. The zero-order valence-electron chi connectivity index (χ0n) is 26.9. The van der Waals surface area contributed by atoms with Gasteiger partial charge >= 0.3 is 0 Å². The number of benzene rings is 4. The number of fused-ring (bicyclic) bond motifs is 7. The van der Waals surface area contributed by atoms with Gasteiger partial charge in [-0.2, -0.15) is 15.8 Å². The number of rotatable bonds is 3. The smallest absolute Gasteiger partial charge is 0.103 e. The van der Waals surface area contributed by atoms with Gasteiger partial charge < -0.3 is 9.80 Å². The van der Waals surface area contributed by atoms with E-state index in [1.807, 2.05) is 30.5 Å². The molecule has 2 unspecified atom stereocenters. The fourth-order valence-corrected chi connectivity index (χ4v) is 8.84. The maximum Gasteiger partial charge on any atom is 0.103 e. The van der Waals surface area contributed by atoms with Gasteiger partial charge in [-0.1, -0.05) is 68.4 Å². The van der Waals surface area contributed by atoms with Crippen molar-refractivity contribution in [2.75, 3.05) is 9.80 Å². The van der Waals surface area contributed by atoms with Gasteiger partial charge in [0.25, 0.3) is 0 Å². The third-order valence-electron chi connectivity index (χ3n) is 10.7. The minimum absolute atomic E-state index is 0.163. The highest BCUT2D eigenvalue weighted by atomic mass is 15.3. The Bertz CT molecular complexity index is 2260. The number of nitrogens with zero attached hydrogens (tertiary/aromatic N) is 6. The summed E-state index contributed by atoms with van der Waals surface area (Å²) in [6.45, 7) is 8.74. The molecule has 5 aromatic rings. The first-order valence-corrected chi connectivity index (χ1v) is 16.0. The van der Waals surface area contributed by atoms with Gasteiger partial charge in [-0.3, -0.25) is 4.98 Å². The van der Waals surface area contributed by atoms with Crippen LogP contribution in [0.1, 0.15) is 72.1 Å². The summed E-state index contributed by atoms with van der Waals surface area (Å²) in [4.78, 5) is 9.10. The fraction of sp³-hybridized carbons (Fsp3) is 0.220. The number of hydrogen-bond donors (Lipinski definition) is 0. The van der Waals surface area contributed by atoms with Crippen molar-refractivity contribution in [3.63, 3.8) is 0 Å². The van der Waals surface area contributed by atoms with Crippen molar-refractivity contribution in [3.8, 4) is 29.3 Å².